The Morgan fingerprint density at radius 3 is 2.67 bits per heavy atom. The molecule has 3 amide bonds. The first-order valence-electron chi connectivity index (χ1n) is 12.5. The molecule has 4 aromatic rings. The van der Waals surface area contributed by atoms with E-state index in [2.05, 4.69) is 36.1 Å². The van der Waals surface area contributed by atoms with Crippen molar-refractivity contribution in [1.29, 1.82) is 0 Å². The maximum absolute atomic E-state index is 12.8. The third-order valence-corrected chi connectivity index (χ3v) is 6.18. The van der Waals surface area contributed by atoms with Gasteiger partial charge in [0.1, 0.15) is 0 Å². The largest absolute Gasteiger partial charge is 0.381 e. The number of rotatable bonds is 12. The number of amides is 3. The van der Waals surface area contributed by atoms with Crippen molar-refractivity contribution >= 4 is 52.2 Å². The second-order valence-corrected chi connectivity index (χ2v) is 9.51. The van der Waals surface area contributed by atoms with Crippen molar-refractivity contribution in [3.8, 4) is 5.82 Å². The number of carbonyl (C=O) groups excluding carboxylic acids is 2. The third-order valence-electron chi connectivity index (χ3n) is 5.72. The first-order chi connectivity index (χ1) is 19.3. The lowest BCUT2D eigenvalue weighted by Gasteiger charge is -2.17. The fourth-order valence-electron chi connectivity index (χ4n) is 3.74. The Hall–Kier alpha value is -3.78. The highest BCUT2D eigenvalue weighted by Crippen LogP contribution is 2.27. The van der Waals surface area contributed by atoms with Crippen LogP contribution in [0.2, 0.25) is 10.2 Å². The van der Waals surface area contributed by atoms with E-state index in [1.54, 1.807) is 31.6 Å². The molecule has 0 saturated carbocycles. The molecule has 4 aromatic heterocycles. The van der Waals surface area contributed by atoms with E-state index in [0.29, 0.717) is 54.7 Å². The molecular weight excluding hydrogens is 561 g/mol. The van der Waals surface area contributed by atoms with Gasteiger partial charge in [0.2, 0.25) is 5.91 Å². The highest BCUT2D eigenvalue weighted by molar-refractivity contribution is 6.32. The van der Waals surface area contributed by atoms with Crippen molar-refractivity contribution in [3.63, 3.8) is 0 Å². The van der Waals surface area contributed by atoms with E-state index in [9.17, 15) is 9.59 Å². The van der Waals surface area contributed by atoms with Crippen LogP contribution in [-0.4, -0.2) is 61.6 Å². The Labute approximate surface area is 240 Å². The topological polar surface area (TPSA) is 150 Å². The van der Waals surface area contributed by atoms with E-state index in [1.165, 1.54) is 21.6 Å². The molecule has 3 N–H and O–H groups in total. The van der Waals surface area contributed by atoms with Gasteiger partial charge in [0.15, 0.2) is 16.6 Å². The number of pyridine rings is 1. The van der Waals surface area contributed by atoms with E-state index in [-0.39, 0.29) is 16.1 Å². The van der Waals surface area contributed by atoms with Crippen molar-refractivity contribution in [2.24, 2.45) is 0 Å². The summed E-state index contributed by atoms with van der Waals surface area (Å²) < 4.78 is 13.8. The van der Waals surface area contributed by atoms with Crippen LogP contribution in [0.3, 0.4) is 0 Å². The standard InChI is InChI=1S/C25H29Cl2N9O4/c1-4-6-40-7-5-22(37)29-10-16-11-31-35(14-16)24-18(26)8-17(12-30-24)32-25(38)33-19-13-28-21-9-20(27)34-36(21)23(19)15(2)39-3/h8-9,11-15H,4-7,10H2,1-3H3,(H,29,37)(H2,32,33,38)/t15-/m0/s1. The van der Waals surface area contributed by atoms with Gasteiger partial charge in [-0.1, -0.05) is 30.1 Å². The van der Waals surface area contributed by atoms with E-state index in [4.69, 9.17) is 32.7 Å². The van der Waals surface area contributed by atoms with Gasteiger partial charge in [-0.2, -0.15) is 10.2 Å². The van der Waals surface area contributed by atoms with Crippen molar-refractivity contribution in [1.82, 2.24) is 34.7 Å². The van der Waals surface area contributed by atoms with Crippen LogP contribution in [-0.2, 0) is 20.8 Å². The normalized spacial score (nSPS) is 11.9. The number of hydrogen-bond donors (Lipinski definition) is 3. The highest BCUT2D eigenvalue weighted by Gasteiger charge is 2.19. The Balaban J connectivity index is 1.38. The number of nitrogens with one attached hydrogen (secondary N) is 3. The monoisotopic (exact) mass is 589 g/mol. The minimum Gasteiger partial charge on any atom is -0.381 e. The molecule has 4 heterocycles. The van der Waals surface area contributed by atoms with Gasteiger partial charge in [0.25, 0.3) is 0 Å². The summed E-state index contributed by atoms with van der Waals surface area (Å²) in [6.45, 7) is 5.15. The van der Waals surface area contributed by atoms with Gasteiger partial charge in [0.05, 0.1) is 53.4 Å². The molecule has 13 nitrogen and oxygen atoms in total. The summed E-state index contributed by atoms with van der Waals surface area (Å²) in [5.74, 6) is 0.251. The van der Waals surface area contributed by atoms with Crippen LogP contribution < -0.4 is 16.0 Å². The van der Waals surface area contributed by atoms with E-state index < -0.39 is 12.1 Å². The predicted molar refractivity (Wildman–Crippen MR) is 150 cm³/mol. The molecule has 0 saturated heterocycles. The Morgan fingerprint density at radius 2 is 1.93 bits per heavy atom. The number of nitrogens with zero attached hydrogens (tertiary/aromatic N) is 6. The van der Waals surface area contributed by atoms with Gasteiger partial charge in [0, 0.05) is 44.5 Å². The quantitative estimate of drug-likeness (QED) is 0.206. The maximum Gasteiger partial charge on any atom is 0.323 e. The number of halogens is 2. The van der Waals surface area contributed by atoms with Crippen LogP contribution in [0.15, 0.2) is 36.9 Å². The molecule has 0 aliphatic rings. The summed E-state index contributed by atoms with van der Waals surface area (Å²) in [6.07, 6.45) is 7.07. The number of carbonyl (C=O) groups is 2. The van der Waals surface area contributed by atoms with Gasteiger partial charge < -0.3 is 25.4 Å². The number of anilines is 2. The molecule has 0 radical (unpaired) electrons. The summed E-state index contributed by atoms with van der Waals surface area (Å²) in [6, 6.07) is 2.61. The smallest absolute Gasteiger partial charge is 0.323 e. The average Bonchev–Trinajstić information content (AvgIpc) is 3.55. The molecule has 0 aliphatic carbocycles. The molecule has 0 spiro atoms. The number of fused-ring (bicyclic) bond motifs is 1. The number of aromatic nitrogens is 6. The van der Waals surface area contributed by atoms with Gasteiger partial charge in [-0.3, -0.25) is 4.79 Å². The Bertz CT molecular complexity index is 1490. The van der Waals surface area contributed by atoms with Gasteiger partial charge in [-0.25, -0.2) is 24.0 Å². The minimum atomic E-state index is -0.549. The van der Waals surface area contributed by atoms with Crippen molar-refractivity contribution in [2.45, 2.75) is 39.3 Å². The molecule has 0 unspecified atom stereocenters. The third kappa shape index (κ3) is 7.24. The first kappa shape index (κ1) is 29.2. The first-order valence-corrected chi connectivity index (χ1v) is 13.2. The molecule has 0 aliphatic heterocycles. The van der Waals surface area contributed by atoms with Crippen molar-refractivity contribution < 1.29 is 19.1 Å². The molecule has 0 fully saturated rings. The Kier molecular flexibility index (Phi) is 9.88. The second kappa shape index (κ2) is 13.5. The lowest BCUT2D eigenvalue weighted by molar-refractivity contribution is -0.122. The van der Waals surface area contributed by atoms with Crippen LogP contribution >= 0.6 is 23.2 Å². The molecule has 1 atom stereocenters. The number of ether oxygens (including phenoxy) is 2. The average molecular weight is 590 g/mol. The lowest BCUT2D eigenvalue weighted by Crippen LogP contribution is -2.23. The van der Waals surface area contributed by atoms with E-state index in [1.807, 2.05) is 13.8 Å². The summed E-state index contributed by atoms with van der Waals surface area (Å²) in [5.41, 5.74) is 2.60. The molecule has 212 valence electrons. The summed E-state index contributed by atoms with van der Waals surface area (Å²) in [5, 5.41) is 17.3. The highest BCUT2D eigenvalue weighted by atomic mass is 35.5. The molecule has 0 bridgehead atoms. The molecule has 4 rings (SSSR count). The SMILES string of the molecule is CCCOCCC(=O)NCc1cnn(-c2ncc(NC(=O)Nc3cnc4cc(Cl)nn4c3[C@H](C)OC)cc2Cl)c1. The lowest BCUT2D eigenvalue weighted by atomic mass is 10.2. The summed E-state index contributed by atoms with van der Waals surface area (Å²) >= 11 is 12.5. The van der Waals surface area contributed by atoms with Gasteiger partial charge in [-0.15, -0.1) is 0 Å². The summed E-state index contributed by atoms with van der Waals surface area (Å²) in [7, 11) is 1.55. The fraction of sp³-hybridized carbons (Fsp3) is 0.360. The number of methoxy groups -OCH3 is 1. The molecular formula is C25H29Cl2N9O4. The van der Waals surface area contributed by atoms with Crippen LogP contribution in [0, 0.1) is 0 Å². The van der Waals surface area contributed by atoms with Crippen molar-refractivity contribution in [3.05, 3.63) is 58.4 Å². The maximum atomic E-state index is 12.8. The van der Waals surface area contributed by atoms with Crippen LogP contribution in [0.1, 0.15) is 44.1 Å². The molecule has 15 heteroatoms. The number of hydrogen-bond acceptors (Lipinski definition) is 8. The second-order valence-electron chi connectivity index (χ2n) is 8.71. The minimum absolute atomic E-state index is 0.110. The zero-order valence-corrected chi connectivity index (χ0v) is 23.7. The molecule has 40 heavy (non-hydrogen) atoms. The van der Waals surface area contributed by atoms with Crippen LogP contribution in [0.4, 0.5) is 16.2 Å². The van der Waals surface area contributed by atoms with Crippen molar-refractivity contribution in [2.75, 3.05) is 31.0 Å². The van der Waals surface area contributed by atoms with E-state index >= 15 is 0 Å². The summed E-state index contributed by atoms with van der Waals surface area (Å²) in [4.78, 5) is 33.4. The fourth-order valence-corrected chi connectivity index (χ4v) is 4.17. The van der Waals surface area contributed by atoms with E-state index in [0.717, 1.165) is 12.0 Å². The zero-order chi connectivity index (χ0) is 28.6. The number of urea groups is 1. The van der Waals surface area contributed by atoms with Crippen LogP contribution in [0.25, 0.3) is 11.5 Å². The Morgan fingerprint density at radius 1 is 1.10 bits per heavy atom. The van der Waals surface area contributed by atoms with Gasteiger partial charge >= 0.3 is 6.03 Å². The molecule has 0 aromatic carbocycles. The predicted octanol–water partition coefficient (Wildman–Crippen LogP) is 4.40. The van der Waals surface area contributed by atoms with Crippen LogP contribution in [0.5, 0.6) is 0 Å². The van der Waals surface area contributed by atoms with Gasteiger partial charge in [-0.05, 0) is 19.4 Å². The zero-order valence-electron chi connectivity index (χ0n) is 22.1.